The lowest BCUT2D eigenvalue weighted by Crippen LogP contribution is -2.54. The number of amides is 1. The summed E-state index contributed by atoms with van der Waals surface area (Å²) in [7, 11) is 0. The van der Waals surface area contributed by atoms with E-state index >= 15 is 0 Å². The highest BCUT2D eigenvalue weighted by atomic mass is 19.4. The molecule has 0 spiro atoms. The molecule has 1 atom stereocenters. The zero-order valence-corrected chi connectivity index (χ0v) is 11.3. The summed E-state index contributed by atoms with van der Waals surface area (Å²) in [5, 5.41) is 4.38. The normalized spacial score (nSPS) is 16.2. The topological polar surface area (TPSA) is 54.0 Å². The molecule has 0 bridgehead atoms. The minimum Gasteiger partial charge on any atom is -0.346 e. The summed E-state index contributed by atoms with van der Waals surface area (Å²) >= 11 is 0. The average Bonchev–Trinajstić information content (AvgIpc) is 2.45. The van der Waals surface area contributed by atoms with Crippen molar-refractivity contribution >= 4 is 11.7 Å². The number of anilines is 1. The van der Waals surface area contributed by atoms with Crippen LogP contribution < -0.4 is 10.6 Å². The third-order valence-corrected chi connectivity index (χ3v) is 3.22. The number of nitrogens with zero attached hydrogens (tertiary/aromatic N) is 1. The quantitative estimate of drug-likeness (QED) is 0.842. The van der Waals surface area contributed by atoms with Gasteiger partial charge in [-0.1, -0.05) is 6.07 Å². The summed E-state index contributed by atoms with van der Waals surface area (Å²) in [6, 6.07) is 0.918. The van der Waals surface area contributed by atoms with Gasteiger partial charge in [-0.3, -0.25) is 4.79 Å². The molecule has 1 aliphatic heterocycles. The molecular weight excluding hydrogens is 309 g/mol. The minimum absolute atomic E-state index is 0.0466. The van der Waals surface area contributed by atoms with E-state index in [2.05, 4.69) is 10.3 Å². The number of nitrogens with one attached hydrogen (secondary N) is 2. The molecule has 0 saturated carbocycles. The Bertz CT molecular complexity index is 612. The number of fused-ring (bicyclic) bond motifs is 1. The van der Waals surface area contributed by atoms with Gasteiger partial charge in [0.05, 0.1) is 6.04 Å². The van der Waals surface area contributed by atoms with Gasteiger partial charge >= 0.3 is 12.1 Å². The molecule has 1 aromatic rings. The van der Waals surface area contributed by atoms with Crippen LogP contribution in [0.1, 0.15) is 12.5 Å². The molecule has 1 aromatic heterocycles. The standard InChI is InChI=1S/C13H12F5N3O/c1-7(12(14,15)13(16,17)18)21-11(22)9-5-8-3-2-4-19-10(8)20-6-9/h2-4,6-7H,5H2,1H3,(H,19,20)(H,21,22). The maximum atomic E-state index is 13.1. The molecular formula is C13H12F5N3O. The van der Waals surface area contributed by atoms with Crippen molar-refractivity contribution in [2.24, 2.45) is 0 Å². The largest absolute Gasteiger partial charge is 0.455 e. The fourth-order valence-corrected chi connectivity index (χ4v) is 1.89. The number of rotatable bonds is 3. The van der Waals surface area contributed by atoms with Crippen molar-refractivity contribution in [2.45, 2.75) is 31.5 Å². The Morgan fingerprint density at radius 3 is 2.68 bits per heavy atom. The zero-order valence-electron chi connectivity index (χ0n) is 11.3. The van der Waals surface area contributed by atoms with Gasteiger partial charge < -0.3 is 10.6 Å². The van der Waals surface area contributed by atoms with E-state index in [1.807, 2.05) is 0 Å². The Hall–Kier alpha value is -2.19. The van der Waals surface area contributed by atoms with Gasteiger partial charge in [-0.25, -0.2) is 4.98 Å². The lowest BCUT2D eigenvalue weighted by atomic mass is 10.0. The molecule has 120 valence electrons. The van der Waals surface area contributed by atoms with E-state index < -0.39 is 24.0 Å². The van der Waals surface area contributed by atoms with Gasteiger partial charge in [-0.05, 0) is 18.6 Å². The summed E-state index contributed by atoms with van der Waals surface area (Å²) in [4.78, 5) is 15.8. The van der Waals surface area contributed by atoms with Crippen LogP contribution in [-0.4, -0.2) is 29.0 Å². The predicted octanol–water partition coefficient (Wildman–Crippen LogP) is 2.64. The van der Waals surface area contributed by atoms with Crippen molar-refractivity contribution in [2.75, 3.05) is 5.32 Å². The first-order valence-electron chi connectivity index (χ1n) is 6.28. The molecule has 4 nitrogen and oxygen atoms in total. The first kappa shape index (κ1) is 16.2. The summed E-state index contributed by atoms with van der Waals surface area (Å²) in [5.74, 6) is -5.49. The van der Waals surface area contributed by atoms with Crippen LogP contribution in [-0.2, 0) is 11.2 Å². The van der Waals surface area contributed by atoms with Crippen LogP contribution in [0, 0.1) is 0 Å². The zero-order chi connectivity index (χ0) is 16.5. The third-order valence-electron chi connectivity index (χ3n) is 3.22. The first-order chi connectivity index (χ1) is 10.1. The van der Waals surface area contributed by atoms with Gasteiger partial charge in [0.15, 0.2) is 0 Å². The third kappa shape index (κ3) is 3.02. The highest BCUT2D eigenvalue weighted by Gasteiger charge is 2.61. The van der Waals surface area contributed by atoms with Crippen LogP contribution in [0.15, 0.2) is 30.1 Å². The van der Waals surface area contributed by atoms with Crippen molar-refractivity contribution in [1.82, 2.24) is 10.3 Å². The fourth-order valence-electron chi connectivity index (χ4n) is 1.89. The van der Waals surface area contributed by atoms with Crippen molar-refractivity contribution in [3.05, 3.63) is 35.7 Å². The van der Waals surface area contributed by atoms with Crippen LogP contribution in [0.25, 0.3) is 0 Å². The molecule has 0 aliphatic carbocycles. The predicted molar refractivity (Wildman–Crippen MR) is 68.3 cm³/mol. The molecule has 22 heavy (non-hydrogen) atoms. The Morgan fingerprint density at radius 1 is 1.36 bits per heavy atom. The van der Waals surface area contributed by atoms with Gasteiger partial charge in [0.1, 0.15) is 5.82 Å². The van der Waals surface area contributed by atoms with Gasteiger partial charge in [-0.15, -0.1) is 0 Å². The van der Waals surface area contributed by atoms with E-state index in [0.717, 1.165) is 0 Å². The molecule has 2 rings (SSSR count). The van der Waals surface area contributed by atoms with Crippen molar-refractivity contribution in [3.63, 3.8) is 0 Å². The lowest BCUT2D eigenvalue weighted by molar-refractivity contribution is -0.290. The van der Waals surface area contributed by atoms with Gasteiger partial charge in [0.2, 0.25) is 5.91 Å². The van der Waals surface area contributed by atoms with Crippen molar-refractivity contribution in [1.29, 1.82) is 0 Å². The van der Waals surface area contributed by atoms with Crippen LogP contribution in [0.5, 0.6) is 0 Å². The van der Waals surface area contributed by atoms with Crippen LogP contribution >= 0.6 is 0 Å². The second kappa shape index (κ2) is 5.54. The van der Waals surface area contributed by atoms with Gasteiger partial charge in [-0.2, -0.15) is 22.0 Å². The highest BCUT2D eigenvalue weighted by molar-refractivity contribution is 5.95. The van der Waals surface area contributed by atoms with Crippen molar-refractivity contribution in [3.8, 4) is 0 Å². The van der Waals surface area contributed by atoms with E-state index in [0.29, 0.717) is 18.3 Å². The summed E-state index contributed by atoms with van der Waals surface area (Å²) in [6.07, 6.45) is -2.87. The number of carbonyl (C=O) groups excluding carboxylic acids is 1. The SMILES string of the molecule is CC(NC(=O)C1=CNc2ncccc2C1)C(F)(F)C(F)(F)F. The molecule has 1 unspecified atom stereocenters. The highest BCUT2D eigenvalue weighted by Crippen LogP contribution is 2.38. The van der Waals surface area contributed by atoms with Gasteiger partial charge in [0, 0.05) is 24.4 Å². The monoisotopic (exact) mass is 321 g/mol. The van der Waals surface area contributed by atoms with E-state index in [4.69, 9.17) is 0 Å². The Balaban J connectivity index is 2.07. The molecule has 2 heterocycles. The molecule has 0 fully saturated rings. The van der Waals surface area contributed by atoms with Crippen LogP contribution in [0.3, 0.4) is 0 Å². The Labute approximate surface area is 122 Å². The molecule has 1 amide bonds. The lowest BCUT2D eigenvalue weighted by Gasteiger charge is -2.27. The number of alkyl halides is 5. The molecule has 0 saturated heterocycles. The molecule has 1 aliphatic rings. The average molecular weight is 321 g/mol. The maximum Gasteiger partial charge on any atom is 0.455 e. The van der Waals surface area contributed by atoms with Gasteiger partial charge in [0.25, 0.3) is 0 Å². The van der Waals surface area contributed by atoms with E-state index in [1.165, 1.54) is 12.4 Å². The fraction of sp³-hybridized carbons (Fsp3) is 0.385. The minimum atomic E-state index is -5.73. The second-order valence-corrected chi connectivity index (χ2v) is 4.82. The first-order valence-corrected chi connectivity index (χ1v) is 6.28. The van der Waals surface area contributed by atoms with Crippen molar-refractivity contribution < 1.29 is 26.7 Å². The van der Waals surface area contributed by atoms with E-state index in [9.17, 15) is 26.7 Å². The second-order valence-electron chi connectivity index (χ2n) is 4.82. The Kier molecular flexibility index (Phi) is 4.08. The number of hydrogen-bond donors (Lipinski definition) is 2. The number of hydrogen-bond acceptors (Lipinski definition) is 3. The number of halogens is 5. The van der Waals surface area contributed by atoms with Crippen LogP contribution in [0.2, 0.25) is 0 Å². The van der Waals surface area contributed by atoms with Crippen LogP contribution in [0.4, 0.5) is 27.8 Å². The molecule has 9 heteroatoms. The summed E-state index contributed by atoms with van der Waals surface area (Å²) < 4.78 is 62.9. The number of pyridine rings is 1. The summed E-state index contributed by atoms with van der Waals surface area (Å²) in [5.41, 5.74) is 0.690. The number of aromatic nitrogens is 1. The molecule has 2 N–H and O–H groups in total. The van der Waals surface area contributed by atoms with E-state index in [-0.39, 0.29) is 12.0 Å². The molecule has 0 aromatic carbocycles. The smallest absolute Gasteiger partial charge is 0.346 e. The molecule has 0 radical (unpaired) electrons. The van der Waals surface area contributed by atoms with E-state index in [1.54, 1.807) is 17.4 Å². The number of carbonyl (C=O) groups is 1. The maximum absolute atomic E-state index is 13.1. The summed E-state index contributed by atoms with van der Waals surface area (Å²) in [6.45, 7) is 0.609. The Morgan fingerprint density at radius 2 is 2.05 bits per heavy atom.